The molecular weight excluding hydrogens is 340 g/mol. The predicted molar refractivity (Wildman–Crippen MR) is 108 cm³/mol. The Balaban J connectivity index is 0.000000271. The Labute approximate surface area is 162 Å². The van der Waals surface area contributed by atoms with Gasteiger partial charge in [0.05, 0.1) is 0 Å². The van der Waals surface area contributed by atoms with Crippen molar-refractivity contribution >= 4 is 11.9 Å². The summed E-state index contributed by atoms with van der Waals surface area (Å²) in [6, 6.07) is 15.0. The minimum Gasteiger partial charge on any atom is -0.478 e. The molecule has 0 aliphatic carbocycles. The van der Waals surface area contributed by atoms with E-state index in [1.54, 1.807) is 12.1 Å². The Bertz CT molecular complexity index is 722. The van der Waals surface area contributed by atoms with E-state index >= 15 is 0 Å². The topological polar surface area (TPSA) is 63.6 Å². The van der Waals surface area contributed by atoms with E-state index in [0.717, 1.165) is 11.8 Å². The van der Waals surface area contributed by atoms with Crippen molar-refractivity contribution < 1.29 is 19.4 Å². The molecule has 27 heavy (non-hydrogen) atoms. The summed E-state index contributed by atoms with van der Waals surface area (Å²) in [5.41, 5.74) is 2.95. The normalized spacial score (nSPS) is 10.3. The fourth-order valence-electron chi connectivity index (χ4n) is 2.71. The van der Waals surface area contributed by atoms with Crippen molar-refractivity contribution in [2.24, 2.45) is 11.8 Å². The number of hydrogen-bond acceptors (Lipinski definition) is 3. The van der Waals surface area contributed by atoms with Gasteiger partial charge in [-0.15, -0.1) is 0 Å². The minimum atomic E-state index is -1.11. The smallest absolute Gasteiger partial charge is 0.339 e. The number of carboxylic acid groups (broad SMARTS) is 1. The zero-order valence-electron chi connectivity index (χ0n) is 16.9. The first kappa shape index (κ1) is 22.4. The van der Waals surface area contributed by atoms with Crippen LogP contribution in [-0.4, -0.2) is 17.0 Å². The SMILES string of the molecule is CC(=O)Oc1ccccc1C(=O)O.CC(C)Cc1cccc(CC(C)C)c1. The molecule has 1 N–H and O–H groups in total. The number of para-hydroxylation sites is 1. The highest BCUT2D eigenvalue weighted by Gasteiger charge is 2.11. The highest BCUT2D eigenvalue weighted by atomic mass is 16.5. The minimum absolute atomic E-state index is 0.0160. The second-order valence-electron chi connectivity index (χ2n) is 7.41. The van der Waals surface area contributed by atoms with E-state index < -0.39 is 11.9 Å². The molecule has 2 rings (SSSR count). The summed E-state index contributed by atoms with van der Waals surface area (Å²) in [7, 11) is 0. The molecule has 0 bridgehead atoms. The van der Waals surface area contributed by atoms with Gasteiger partial charge in [0.1, 0.15) is 11.3 Å². The molecule has 0 aliphatic heterocycles. The van der Waals surface area contributed by atoms with Crippen LogP contribution in [0.25, 0.3) is 0 Å². The molecule has 0 radical (unpaired) electrons. The van der Waals surface area contributed by atoms with E-state index in [-0.39, 0.29) is 11.3 Å². The summed E-state index contributed by atoms with van der Waals surface area (Å²) in [6.07, 6.45) is 2.40. The second-order valence-corrected chi connectivity index (χ2v) is 7.41. The zero-order chi connectivity index (χ0) is 20.4. The first-order valence-corrected chi connectivity index (χ1v) is 9.27. The molecule has 0 aromatic heterocycles. The number of carbonyl (C=O) groups is 2. The van der Waals surface area contributed by atoms with Crippen LogP contribution in [0.3, 0.4) is 0 Å². The molecule has 0 atom stereocenters. The largest absolute Gasteiger partial charge is 0.478 e. The Morgan fingerprint density at radius 2 is 1.41 bits per heavy atom. The third-order valence-corrected chi connectivity index (χ3v) is 3.65. The number of benzene rings is 2. The van der Waals surface area contributed by atoms with Gasteiger partial charge < -0.3 is 9.84 Å². The molecule has 0 unspecified atom stereocenters. The molecular formula is C23H30O4. The van der Waals surface area contributed by atoms with Crippen LogP contribution in [-0.2, 0) is 17.6 Å². The Kier molecular flexibility index (Phi) is 9.27. The first-order chi connectivity index (χ1) is 12.7. The standard InChI is InChI=1S/C14H22.C9H8O4/c1-11(2)8-13-6-5-7-14(10-13)9-12(3)4;1-6(10)13-8-5-3-2-4-7(8)9(11)12/h5-7,10-12H,8-9H2,1-4H3;2-5H,1H3,(H,11,12). The molecule has 0 amide bonds. The number of esters is 1. The average molecular weight is 370 g/mol. The van der Waals surface area contributed by atoms with E-state index in [9.17, 15) is 9.59 Å². The lowest BCUT2D eigenvalue weighted by molar-refractivity contribution is -0.131. The number of rotatable bonds is 6. The zero-order valence-corrected chi connectivity index (χ0v) is 16.9. The van der Waals surface area contributed by atoms with Crippen molar-refractivity contribution in [2.45, 2.75) is 47.5 Å². The van der Waals surface area contributed by atoms with Gasteiger partial charge in [-0.2, -0.15) is 0 Å². The Hall–Kier alpha value is -2.62. The van der Waals surface area contributed by atoms with Gasteiger partial charge in [0.15, 0.2) is 0 Å². The molecule has 0 saturated carbocycles. The number of aromatic carboxylic acids is 1. The van der Waals surface area contributed by atoms with Gasteiger partial charge in [-0.05, 0) is 47.9 Å². The van der Waals surface area contributed by atoms with Gasteiger partial charge in [-0.3, -0.25) is 4.79 Å². The third-order valence-electron chi connectivity index (χ3n) is 3.65. The van der Waals surface area contributed by atoms with Crippen molar-refractivity contribution in [3.63, 3.8) is 0 Å². The quantitative estimate of drug-likeness (QED) is 0.547. The second kappa shape index (κ2) is 11.2. The Morgan fingerprint density at radius 3 is 1.85 bits per heavy atom. The number of ether oxygens (including phenoxy) is 1. The highest BCUT2D eigenvalue weighted by molar-refractivity contribution is 5.91. The van der Waals surface area contributed by atoms with E-state index in [4.69, 9.17) is 5.11 Å². The third kappa shape index (κ3) is 9.04. The highest BCUT2D eigenvalue weighted by Crippen LogP contribution is 2.17. The summed E-state index contributed by atoms with van der Waals surface area (Å²) < 4.78 is 4.69. The molecule has 4 nitrogen and oxygen atoms in total. The molecule has 0 heterocycles. The van der Waals surface area contributed by atoms with E-state index in [2.05, 4.69) is 56.7 Å². The van der Waals surface area contributed by atoms with Crippen LogP contribution >= 0.6 is 0 Å². The summed E-state index contributed by atoms with van der Waals surface area (Å²) in [5.74, 6) is -0.0679. The monoisotopic (exact) mass is 370 g/mol. The van der Waals surface area contributed by atoms with Gasteiger partial charge in [-0.1, -0.05) is 64.1 Å². The number of hydrogen-bond donors (Lipinski definition) is 1. The molecule has 4 heteroatoms. The molecule has 2 aromatic carbocycles. The van der Waals surface area contributed by atoms with Crippen LogP contribution in [0.5, 0.6) is 5.75 Å². The van der Waals surface area contributed by atoms with Crippen molar-refractivity contribution in [1.29, 1.82) is 0 Å². The van der Waals surface area contributed by atoms with Crippen LogP contribution in [0.15, 0.2) is 48.5 Å². The summed E-state index contributed by atoms with van der Waals surface area (Å²) in [6.45, 7) is 10.3. The van der Waals surface area contributed by atoms with Gasteiger partial charge in [0.2, 0.25) is 0 Å². The number of carbonyl (C=O) groups excluding carboxylic acids is 1. The van der Waals surface area contributed by atoms with Crippen LogP contribution in [0.1, 0.15) is 56.1 Å². The van der Waals surface area contributed by atoms with E-state index in [0.29, 0.717) is 0 Å². The molecule has 0 aliphatic rings. The van der Waals surface area contributed by atoms with E-state index in [1.165, 1.54) is 43.0 Å². The summed E-state index contributed by atoms with van der Waals surface area (Å²) in [5, 5.41) is 8.69. The number of carboxylic acids is 1. The summed E-state index contributed by atoms with van der Waals surface area (Å²) in [4.78, 5) is 21.2. The van der Waals surface area contributed by atoms with Gasteiger partial charge >= 0.3 is 11.9 Å². The molecule has 0 saturated heterocycles. The molecule has 2 aromatic rings. The average Bonchev–Trinajstić information content (AvgIpc) is 2.54. The van der Waals surface area contributed by atoms with Crippen molar-refractivity contribution in [2.75, 3.05) is 0 Å². The molecule has 0 fully saturated rings. The summed E-state index contributed by atoms with van der Waals surface area (Å²) >= 11 is 0. The predicted octanol–water partition coefficient (Wildman–Crippen LogP) is 5.39. The first-order valence-electron chi connectivity index (χ1n) is 9.27. The van der Waals surface area contributed by atoms with Crippen molar-refractivity contribution in [3.8, 4) is 5.75 Å². The maximum atomic E-state index is 10.6. The lowest BCUT2D eigenvalue weighted by Gasteiger charge is -2.09. The molecule has 0 spiro atoms. The van der Waals surface area contributed by atoms with Gasteiger partial charge in [0, 0.05) is 6.92 Å². The lowest BCUT2D eigenvalue weighted by atomic mass is 9.97. The van der Waals surface area contributed by atoms with Crippen LogP contribution in [0.2, 0.25) is 0 Å². The fourth-order valence-corrected chi connectivity index (χ4v) is 2.71. The van der Waals surface area contributed by atoms with Crippen LogP contribution in [0.4, 0.5) is 0 Å². The van der Waals surface area contributed by atoms with Gasteiger partial charge in [0.25, 0.3) is 0 Å². The maximum Gasteiger partial charge on any atom is 0.339 e. The fraction of sp³-hybridized carbons (Fsp3) is 0.391. The van der Waals surface area contributed by atoms with Gasteiger partial charge in [-0.25, -0.2) is 4.79 Å². The maximum absolute atomic E-state index is 10.6. The Morgan fingerprint density at radius 1 is 0.889 bits per heavy atom. The molecule has 146 valence electrons. The van der Waals surface area contributed by atoms with Crippen LogP contribution in [0, 0.1) is 11.8 Å². The van der Waals surface area contributed by atoms with Crippen LogP contribution < -0.4 is 4.74 Å². The van der Waals surface area contributed by atoms with Crippen molar-refractivity contribution in [1.82, 2.24) is 0 Å². The lowest BCUT2D eigenvalue weighted by Crippen LogP contribution is -2.06. The van der Waals surface area contributed by atoms with Crippen molar-refractivity contribution in [3.05, 3.63) is 65.2 Å². The van der Waals surface area contributed by atoms with E-state index in [1.807, 2.05) is 0 Å².